The van der Waals surface area contributed by atoms with Crippen LogP contribution in [0.25, 0.3) is 11.7 Å². The highest BCUT2D eigenvalue weighted by Gasteiger charge is 2.33. The summed E-state index contributed by atoms with van der Waals surface area (Å²) in [5.74, 6) is 0.704. The number of amides is 1. The fourth-order valence-electron chi connectivity index (χ4n) is 4.20. The van der Waals surface area contributed by atoms with E-state index in [0.29, 0.717) is 53.7 Å². The zero-order valence-corrected chi connectivity index (χ0v) is 17.5. The monoisotopic (exact) mass is 462 g/mol. The second-order valence-corrected chi connectivity index (χ2v) is 8.37. The van der Waals surface area contributed by atoms with Gasteiger partial charge in [-0.05, 0) is 49.2 Å². The summed E-state index contributed by atoms with van der Waals surface area (Å²) >= 11 is 6.05. The summed E-state index contributed by atoms with van der Waals surface area (Å²) < 4.78 is 46.6. The SMILES string of the molecule is O=C(C1=Cc2cc(Cl)ccc2OC1)N1CCCC(c2nnc3ccc(C(F)(F)F)cn23)C1. The number of likely N-dealkylation sites (tertiary alicyclic amines) is 1. The van der Waals surface area contributed by atoms with Crippen molar-refractivity contribution in [3.8, 4) is 5.75 Å². The van der Waals surface area contributed by atoms with Crippen LogP contribution in [-0.2, 0) is 11.0 Å². The van der Waals surface area contributed by atoms with E-state index in [2.05, 4.69) is 10.2 Å². The molecule has 166 valence electrons. The van der Waals surface area contributed by atoms with Crippen LogP contribution >= 0.6 is 11.6 Å². The first-order valence-electron chi connectivity index (χ1n) is 10.1. The van der Waals surface area contributed by atoms with Crippen LogP contribution in [0, 0.1) is 0 Å². The summed E-state index contributed by atoms with van der Waals surface area (Å²) in [6, 6.07) is 7.52. The molecule has 2 aromatic heterocycles. The second-order valence-electron chi connectivity index (χ2n) is 7.93. The van der Waals surface area contributed by atoms with Gasteiger partial charge < -0.3 is 9.64 Å². The van der Waals surface area contributed by atoms with Crippen molar-refractivity contribution in [1.82, 2.24) is 19.5 Å². The molecule has 0 radical (unpaired) electrons. The van der Waals surface area contributed by atoms with Gasteiger partial charge in [0.25, 0.3) is 5.91 Å². The highest BCUT2D eigenvalue weighted by molar-refractivity contribution is 6.30. The Kier molecular flexibility index (Phi) is 5.08. The van der Waals surface area contributed by atoms with Crippen molar-refractivity contribution in [2.45, 2.75) is 24.9 Å². The van der Waals surface area contributed by atoms with Gasteiger partial charge in [0, 0.05) is 35.8 Å². The van der Waals surface area contributed by atoms with Gasteiger partial charge >= 0.3 is 6.18 Å². The molecule has 1 aromatic carbocycles. The third-order valence-electron chi connectivity index (χ3n) is 5.79. The van der Waals surface area contributed by atoms with Crippen molar-refractivity contribution in [3.63, 3.8) is 0 Å². The van der Waals surface area contributed by atoms with Crippen molar-refractivity contribution in [3.05, 3.63) is 64.1 Å². The standard InChI is InChI=1S/C22H18ClF3N4O2/c23-17-4-5-18-14(9-17)8-15(12-32-18)21(31)29-7-1-2-13(10-29)20-28-27-19-6-3-16(11-30(19)20)22(24,25)26/h3-6,8-9,11,13H,1-2,7,10,12H2. The van der Waals surface area contributed by atoms with E-state index in [9.17, 15) is 18.0 Å². The van der Waals surface area contributed by atoms with Crippen molar-refractivity contribution in [2.75, 3.05) is 19.7 Å². The minimum absolute atomic E-state index is 0.150. The van der Waals surface area contributed by atoms with Gasteiger partial charge in [-0.25, -0.2) is 0 Å². The molecule has 0 bridgehead atoms. The molecule has 10 heteroatoms. The van der Waals surface area contributed by atoms with Crippen molar-refractivity contribution in [2.24, 2.45) is 0 Å². The highest BCUT2D eigenvalue weighted by Crippen LogP contribution is 2.33. The Morgan fingerprint density at radius 1 is 1.19 bits per heavy atom. The van der Waals surface area contributed by atoms with Gasteiger partial charge in [0.15, 0.2) is 5.65 Å². The quantitative estimate of drug-likeness (QED) is 0.559. The lowest BCUT2D eigenvalue weighted by Crippen LogP contribution is -2.41. The minimum atomic E-state index is -4.46. The number of hydrogen-bond donors (Lipinski definition) is 0. The zero-order chi connectivity index (χ0) is 22.5. The Labute approximate surface area is 186 Å². The maximum atomic E-state index is 13.2. The first-order chi connectivity index (χ1) is 15.3. The summed E-state index contributed by atoms with van der Waals surface area (Å²) in [7, 11) is 0. The van der Waals surface area contributed by atoms with E-state index in [-0.39, 0.29) is 18.4 Å². The molecule has 4 heterocycles. The lowest BCUT2D eigenvalue weighted by molar-refractivity contribution is -0.137. The number of ether oxygens (including phenoxy) is 1. The molecule has 3 aromatic rings. The van der Waals surface area contributed by atoms with E-state index in [4.69, 9.17) is 16.3 Å². The molecule has 0 N–H and O–H groups in total. The molecule has 5 rings (SSSR count). The van der Waals surface area contributed by atoms with Gasteiger partial charge in [-0.3, -0.25) is 9.20 Å². The normalized spacial score (nSPS) is 18.8. The van der Waals surface area contributed by atoms with Gasteiger partial charge in [-0.2, -0.15) is 13.2 Å². The van der Waals surface area contributed by atoms with Crippen LogP contribution in [0.3, 0.4) is 0 Å². The van der Waals surface area contributed by atoms with Gasteiger partial charge in [0.05, 0.1) is 11.1 Å². The van der Waals surface area contributed by atoms with Crippen LogP contribution in [0.2, 0.25) is 5.02 Å². The molecule has 6 nitrogen and oxygen atoms in total. The molecular weight excluding hydrogens is 445 g/mol. The molecule has 1 atom stereocenters. The molecule has 0 aliphatic carbocycles. The molecule has 1 fully saturated rings. The molecule has 2 aliphatic heterocycles. The van der Waals surface area contributed by atoms with Gasteiger partial charge in [0.2, 0.25) is 0 Å². The molecule has 1 saturated heterocycles. The number of hydrogen-bond acceptors (Lipinski definition) is 4. The van der Waals surface area contributed by atoms with Crippen LogP contribution in [0.15, 0.2) is 42.1 Å². The lowest BCUT2D eigenvalue weighted by Gasteiger charge is -2.33. The number of pyridine rings is 1. The Morgan fingerprint density at radius 2 is 2.03 bits per heavy atom. The number of halogens is 4. The van der Waals surface area contributed by atoms with Gasteiger partial charge in [-0.1, -0.05) is 11.6 Å². The average Bonchev–Trinajstić information content (AvgIpc) is 3.21. The predicted molar refractivity (Wildman–Crippen MR) is 111 cm³/mol. The number of carbonyl (C=O) groups is 1. The first kappa shape index (κ1) is 20.8. The molecule has 0 spiro atoms. The molecule has 1 unspecified atom stereocenters. The summed E-state index contributed by atoms with van der Waals surface area (Å²) in [6.07, 6.45) is -0.255. The van der Waals surface area contributed by atoms with Crippen molar-refractivity contribution >= 4 is 29.2 Å². The van der Waals surface area contributed by atoms with E-state index in [1.165, 1.54) is 10.5 Å². The average molecular weight is 463 g/mol. The lowest BCUT2D eigenvalue weighted by atomic mass is 9.96. The fourth-order valence-corrected chi connectivity index (χ4v) is 4.38. The molecule has 32 heavy (non-hydrogen) atoms. The van der Waals surface area contributed by atoms with Gasteiger partial charge in [0.1, 0.15) is 18.2 Å². The number of benzene rings is 1. The van der Waals surface area contributed by atoms with Crippen molar-refractivity contribution < 1.29 is 22.7 Å². The first-order valence-corrected chi connectivity index (χ1v) is 10.5. The number of aromatic nitrogens is 3. The number of alkyl halides is 3. The number of piperidine rings is 1. The Bertz CT molecular complexity index is 1240. The number of nitrogens with zero attached hydrogens (tertiary/aromatic N) is 4. The van der Waals surface area contributed by atoms with E-state index in [1.54, 1.807) is 29.2 Å². The summed E-state index contributed by atoms with van der Waals surface area (Å²) in [5, 5.41) is 8.70. The summed E-state index contributed by atoms with van der Waals surface area (Å²) in [6.45, 7) is 1.05. The highest BCUT2D eigenvalue weighted by atomic mass is 35.5. The third-order valence-corrected chi connectivity index (χ3v) is 6.02. The van der Waals surface area contributed by atoms with Crippen LogP contribution in [-0.4, -0.2) is 45.1 Å². The third kappa shape index (κ3) is 3.81. The van der Waals surface area contributed by atoms with Crippen LogP contribution in [0.5, 0.6) is 5.75 Å². The minimum Gasteiger partial charge on any atom is -0.488 e. The Morgan fingerprint density at radius 3 is 2.84 bits per heavy atom. The van der Waals surface area contributed by atoms with E-state index in [1.807, 2.05) is 0 Å². The molecule has 2 aliphatic rings. The maximum Gasteiger partial charge on any atom is 0.417 e. The number of carbonyl (C=O) groups excluding carboxylic acids is 1. The second kappa shape index (κ2) is 7.81. The predicted octanol–water partition coefficient (Wildman–Crippen LogP) is 4.58. The van der Waals surface area contributed by atoms with E-state index >= 15 is 0 Å². The van der Waals surface area contributed by atoms with Crippen LogP contribution < -0.4 is 4.74 Å². The topological polar surface area (TPSA) is 59.7 Å². The summed E-state index contributed by atoms with van der Waals surface area (Å²) in [4.78, 5) is 14.9. The van der Waals surface area contributed by atoms with Crippen LogP contribution in [0.1, 0.15) is 35.7 Å². The van der Waals surface area contributed by atoms with Crippen LogP contribution in [0.4, 0.5) is 13.2 Å². The zero-order valence-electron chi connectivity index (χ0n) is 16.8. The molecule has 0 saturated carbocycles. The Balaban J connectivity index is 1.40. The largest absolute Gasteiger partial charge is 0.488 e. The molecule has 1 amide bonds. The van der Waals surface area contributed by atoms with E-state index in [0.717, 1.165) is 17.8 Å². The summed E-state index contributed by atoms with van der Waals surface area (Å²) in [5.41, 5.74) is 0.819. The number of rotatable bonds is 2. The number of fused-ring (bicyclic) bond motifs is 2. The van der Waals surface area contributed by atoms with Crippen molar-refractivity contribution in [1.29, 1.82) is 0 Å². The maximum absolute atomic E-state index is 13.2. The van der Waals surface area contributed by atoms with Gasteiger partial charge in [-0.15, -0.1) is 10.2 Å². The fraction of sp³-hybridized carbons (Fsp3) is 0.318. The molecular formula is C22H18ClF3N4O2. The smallest absolute Gasteiger partial charge is 0.417 e. The Hall–Kier alpha value is -3.07. The van der Waals surface area contributed by atoms with E-state index < -0.39 is 11.7 Å².